The van der Waals surface area contributed by atoms with Crippen LogP contribution < -0.4 is 0 Å². The Morgan fingerprint density at radius 2 is 2.38 bits per heavy atom. The molecule has 1 heterocycles. The van der Waals surface area contributed by atoms with Crippen molar-refractivity contribution in [2.45, 2.75) is 26.7 Å². The molecule has 0 aliphatic rings. The van der Waals surface area contributed by atoms with Gasteiger partial charge in [-0.15, -0.1) is 0 Å². The number of pyridine rings is 1. The lowest BCUT2D eigenvalue weighted by Gasteiger charge is -2.03. The standard InChI is InChI=1S/C11H13N3O2/c1-8(6-12)3-4-10-11(14(15)16)5-9(2)7-13-10/h5,7-8H,3-4H2,1-2H3. The molecular weight excluding hydrogens is 206 g/mol. The van der Waals surface area contributed by atoms with E-state index in [1.807, 2.05) is 0 Å². The molecule has 1 rings (SSSR count). The fourth-order valence-electron chi connectivity index (χ4n) is 1.35. The van der Waals surface area contributed by atoms with E-state index < -0.39 is 4.92 Å². The second-order valence-corrected chi connectivity index (χ2v) is 3.80. The normalized spacial score (nSPS) is 11.8. The summed E-state index contributed by atoms with van der Waals surface area (Å²) in [5.41, 5.74) is 1.27. The van der Waals surface area contributed by atoms with E-state index in [9.17, 15) is 10.1 Å². The molecule has 0 saturated carbocycles. The average molecular weight is 219 g/mol. The number of hydrogen-bond acceptors (Lipinski definition) is 4. The van der Waals surface area contributed by atoms with E-state index >= 15 is 0 Å². The number of aromatic nitrogens is 1. The van der Waals surface area contributed by atoms with Crippen molar-refractivity contribution in [3.8, 4) is 6.07 Å². The summed E-state index contributed by atoms with van der Waals surface area (Å²) in [5.74, 6) is -0.109. The molecule has 0 aliphatic heterocycles. The Bertz CT molecular complexity index is 437. The lowest BCUT2D eigenvalue weighted by atomic mass is 10.0. The fourth-order valence-corrected chi connectivity index (χ4v) is 1.35. The first kappa shape index (κ1) is 12.1. The predicted molar refractivity (Wildman–Crippen MR) is 58.7 cm³/mol. The van der Waals surface area contributed by atoms with Crippen molar-refractivity contribution in [2.75, 3.05) is 0 Å². The Balaban J connectivity index is 2.88. The Morgan fingerprint density at radius 1 is 1.69 bits per heavy atom. The summed E-state index contributed by atoms with van der Waals surface area (Å²) < 4.78 is 0. The number of nitriles is 1. The van der Waals surface area contributed by atoms with Gasteiger partial charge in [0.15, 0.2) is 0 Å². The second-order valence-electron chi connectivity index (χ2n) is 3.80. The SMILES string of the molecule is Cc1cnc(CCC(C)C#N)c([N+](=O)[O-])c1. The van der Waals surface area contributed by atoms with Gasteiger partial charge in [0.05, 0.1) is 11.0 Å². The van der Waals surface area contributed by atoms with Crippen LogP contribution in [0.2, 0.25) is 0 Å². The quantitative estimate of drug-likeness (QED) is 0.575. The van der Waals surface area contributed by atoms with Crippen LogP contribution in [-0.2, 0) is 6.42 Å². The molecule has 0 aromatic carbocycles. The molecule has 0 spiro atoms. The molecule has 0 saturated heterocycles. The average Bonchev–Trinajstić information content (AvgIpc) is 2.26. The van der Waals surface area contributed by atoms with E-state index in [4.69, 9.17) is 5.26 Å². The van der Waals surface area contributed by atoms with Gasteiger partial charge in [-0.2, -0.15) is 5.26 Å². The summed E-state index contributed by atoms with van der Waals surface area (Å²) in [4.78, 5) is 14.4. The fraction of sp³-hybridized carbons (Fsp3) is 0.455. The van der Waals surface area contributed by atoms with Gasteiger partial charge in [-0.1, -0.05) is 0 Å². The molecule has 5 nitrogen and oxygen atoms in total. The minimum Gasteiger partial charge on any atom is -0.258 e. The smallest absolute Gasteiger partial charge is 0.258 e. The Morgan fingerprint density at radius 3 is 2.94 bits per heavy atom. The molecule has 1 aromatic heterocycles. The Kier molecular flexibility index (Phi) is 3.95. The van der Waals surface area contributed by atoms with Crippen LogP contribution >= 0.6 is 0 Å². The first-order valence-corrected chi connectivity index (χ1v) is 5.04. The van der Waals surface area contributed by atoms with Crippen LogP contribution in [0.25, 0.3) is 0 Å². The number of nitrogens with zero attached hydrogens (tertiary/aromatic N) is 3. The maximum Gasteiger partial charge on any atom is 0.290 e. The van der Waals surface area contributed by atoms with Gasteiger partial charge in [0.2, 0.25) is 0 Å². The third-order valence-electron chi connectivity index (χ3n) is 2.32. The zero-order chi connectivity index (χ0) is 12.1. The highest BCUT2D eigenvalue weighted by Crippen LogP contribution is 2.20. The van der Waals surface area contributed by atoms with Crippen LogP contribution in [0, 0.1) is 34.3 Å². The van der Waals surface area contributed by atoms with Crippen LogP contribution in [-0.4, -0.2) is 9.91 Å². The van der Waals surface area contributed by atoms with Crippen LogP contribution in [0.15, 0.2) is 12.3 Å². The first-order chi connectivity index (χ1) is 7.54. The molecule has 0 bridgehead atoms. The maximum absolute atomic E-state index is 10.8. The molecule has 5 heteroatoms. The van der Waals surface area contributed by atoms with E-state index in [0.29, 0.717) is 18.5 Å². The molecule has 0 amide bonds. The zero-order valence-corrected chi connectivity index (χ0v) is 9.30. The van der Waals surface area contributed by atoms with Crippen LogP contribution in [0.3, 0.4) is 0 Å². The van der Waals surface area contributed by atoms with Crippen molar-refractivity contribution in [2.24, 2.45) is 5.92 Å². The number of nitro groups is 1. The third-order valence-corrected chi connectivity index (χ3v) is 2.32. The summed E-state index contributed by atoms with van der Waals surface area (Å²) in [6, 6.07) is 3.61. The Labute approximate surface area is 93.9 Å². The molecule has 84 valence electrons. The zero-order valence-electron chi connectivity index (χ0n) is 9.30. The third kappa shape index (κ3) is 3.02. The highest BCUT2D eigenvalue weighted by Gasteiger charge is 2.15. The van der Waals surface area contributed by atoms with E-state index in [2.05, 4.69) is 11.1 Å². The van der Waals surface area contributed by atoms with E-state index in [1.54, 1.807) is 20.0 Å². The van der Waals surface area contributed by atoms with Gasteiger partial charge in [0.1, 0.15) is 5.69 Å². The molecule has 0 aliphatic carbocycles. The van der Waals surface area contributed by atoms with Gasteiger partial charge in [-0.3, -0.25) is 15.1 Å². The minimum absolute atomic E-state index is 0.0464. The van der Waals surface area contributed by atoms with E-state index in [1.165, 1.54) is 6.07 Å². The van der Waals surface area contributed by atoms with Crippen molar-refractivity contribution in [3.05, 3.63) is 33.6 Å². The van der Waals surface area contributed by atoms with Gasteiger partial charge in [-0.05, 0) is 32.3 Å². The summed E-state index contributed by atoms with van der Waals surface area (Å²) in [7, 11) is 0. The van der Waals surface area contributed by atoms with Gasteiger partial charge in [-0.25, -0.2) is 0 Å². The number of rotatable bonds is 4. The van der Waals surface area contributed by atoms with Gasteiger partial charge in [0.25, 0.3) is 5.69 Å². The van der Waals surface area contributed by atoms with Crippen LogP contribution in [0.1, 0.15) is 24.6 Å². The molecular formula is C11H13N3O2. The Hall–Kier alpha value is -1.96. The maximum atomic E-state index is 10.8. The lowest BCUT2D eigenvalue weighted by molar-refractivity contribution is -0.386. The molecule has 0 N–H and O–H groups in total. The van der Waals surface area contributed by atoms with Crippen molar-refractivity contribution in [1.82, 2.24) is 4.98 Å². The molecule has 16 heavy (non-hydrogen) atoms. The molecule has 0 fully saturated rings. The van der Waals surface area contributed by atoms with Crippen molar-refractivity contribution in [1.29, 1.82) is 5.26 Å². The highest BCUT2D eigenvalue weighted by atomic mass is 16.6. The van der Waals surface area contributed by atoms with Crippen LogP contribution in [0.4, 0.5) is 5.69 Å². The summed E-state index contributed by atoms with van der Waals surface area (Å²) in [6.07, 6.45) is 2.66. The van der Waals surface area contributed by atoms with Crippen LogP contribution in [0.5, 0.6) is 0 Å². The number of hydrogen-bond donors (Lipinski definition) is 0. The summed E-state index contributed by atoms with van der Waals surface area (Å²) in [6.45, 7) is 3.56. The van der Waals surface area contributed by atoms with Crippen molar-refractivity contribution < 1.29 is 4.92 Å². The summed E-state index contributed by atoms with van der Waals surface area (Å²) >= 11 is 0. The van der Waals surface area contributed by atoms with Gasteiger partial charge < -0.3 is 0 Å². The van der Waals surface area contributed by atoms with Gasteiger partial charge >= 0.3 is 0 Å². The monoisotopic (exact) mass is 219 g/mol. The molecule has 1 unspecified atom stereocenters. The number of aryl methyl sites for hydroxylation is 2. The largest absolute Gasteiger partial charge is 0.290 e. The predicted octanol–water partition coefficient (Wildman–Crippen LogP) is 2.39. The van der Waals surface area contributed by atoms with Crippen molar-refractivity contribution in [3.63, 3.8) is 0 Å². The molecule has 0 radical (unpaired) electrons. The summed E-state index contributed by atoms with van der Waals surface area (Å²) in [5, 5.41) is 19.4. The van der Waals surface area contributed by atoms with E-state index in [0.717, 1.165) is 5.56 Å². The first-order valence-electron chi connectivity index (χ1n) is 5.04. The second kappa shape index (κ2) is 5.21. The van der Waals surface area contributed by atoms with Gasteiger partial charge in [0, 0.05) is 18.2 Å². The molecule has 1 aromatic rings. The van der Waals surface area contributed by atoms with Crippen molar-refractivity contribution >= 4 is 5.69 Å². The van der Waals surface area contributed by atoms with E-state index in [-0.39, 0.29) is 11.6 Å². The highest BCUT2D eigenvalue weighted by molar-refractivity contribution is 5.37. The molecule has 1 atom stereocenters. The topological polar surface area (TPSA) is 79.8 Å². The lowest BCUT2D eigenvalue weighted by Crippen LogP contribution is -2.02. The minimum atomic E-state index is -0.424.